The number of nitrogens with zero attached hydrogens (tertiary/aromatic N) is 1. The third-order valence-corrected chi connectivity index (χ3v) is 3.62. The molecule has 0 radical (unpaired) electrons. The van der Waals surface area contributed by atoms with Crippen LogP contribution in [0.4, 0.5) is 11.4 Å². The van der Waals surface area contributed by atoms with E-state index in [4.69, 9.17) is 28.5 Å². The molecule has 1 amide bonds. The molecule has 0 aliphatic heterocycles. The van der Waals surface area contributed by atoms with E-state index in [1.54, 1.807) is 24.3 Å². The lowest BCUT2D eigenvalue weighted by Gasteiger charge is -2.08. The lowest BCUT2D eigenvalue weighted by Crippen LogP contribution is -2.15. The van der Waals surface area contributed by atoms with Crippen LogP contribution < -0.4 is 10.6 Å². The minimum atomic E-state index is -0.507. The molecule has 0 heterocycles. The van der Waals surface area contributed by atoms with Crippen molar-refractivity contribution >= 4 is 40.5 Å². The van der Waals surface area contributed by atoms with Gasteiger partial charge in [0.2, 0.25) is 0 Å². The summed E-state index contributed by atoms with van der Waals surface area (Å²) in [5.41, 5.74) is 1.99. The molecule has 0 bridgehead atoms. The fourth-order valence-electron chi connectivity index (χ4n) is 1.81. The first-order chi connectivity index (χ1) is 11.0. The van der Waals surface area contributed by atoms with Gasteiger partial charge < -0.3 is 10.6 Å². The van der Waals surface area contributed by atoms with Crippen LogP contribution in [-0.2, 0) is 4.79 Å². The number of anilines is 2. The van der Waals surface area contributed by atoms with Crippen LogP contribution in [0.1, 0.15) is 5.56 Å². The fourth-order valence-corrected chi connectivity index (χ4v) is 2.15. The molecule has 2 rings (SSSR count). The summed E-state index contributed by atoms with van der Waals surface area (Å²) in [6, 6.07) is 14.0. The van der Waals surface area contributed by atoms with Crippen LogP contribution >= 0.6 is 23.2 Å². The lowest BCUT2D eigenvalue weighted by molar-refractivity contribution is -0.112. The van der Waals surface area contributed by atoms with Crippen LogP contribution in [0.2, 0.25) is 10.0 Å². The topological polar surface area (TPSA) is 64.9 Å². The zero-order valence-corrected chi connectivity index (χ0v) is 13.7. The van der Waals surface area contributed by atoms with Crippen LogP contribution in [0.3, 0.4) is 0 Å². The number of carbonyl (C=O) groups excluding carboxylic acids is 1. The Morgan fingerprint density at radius 3 is 2.61 bits per heavy atom. The van der Waals surface area contributed by atoms with Gasteiger partial charge in [0.1, 0.15) is 11.6 Å². The molecular formula is C17H13Cl2N3O. The number of aryl methyl sites for hydroxylation is 1. The molecule has 2 aromatic carbocycles. The number of benzene rings is 2. The van der Waals surface area contributed by atoms with Crippen molar-refractivity contribution in [2.45, 2.75) is 6.92 Å². The van der Waals surface area contributed by atoms with Gasteiger partial charge in [-0.25, -0.2) is 0 Å². The highest BCUT2D eigenvalue weighted by Gasteiger charge is 2.10. The van der Waals surface area contributed by atoms with E-state index in [0.717, 1.165) is 5.56 Å². The molecular weight excluding hydrogens is 333 g/mol. The summed E-state index contributed by atoms with van der Waals surface area (Å²) in [6.45, 7) is 1.87. The van der Waals surface area contributed by atoms with Gasteiger partial charge in [0.15, 0.2) is 0 Å². The molecule has 0 unspecified atom stereocenters. The Morgan fingerprint density at radius 2 is 1.91 bits per heavy atom. The van der Waals surface area contributed by atoms with E-state index in [-0.39, 0.29) is 5.57 Å². The van der Waals surface area contributed by atoms with E-state index in [1.807, 2.05) is 31.2 Å². The smallest absolute Gasteiger partial charge is 0.267 e. The number of nitriles is 1. The maximum Gasteiger partial charge on any atom is 0.267 e. The molecule has 23 heavy (non-hydrogen) atoms. The Bertz CT molecular complexity index is 810. The SMILES string of the molecule is Cc1ccccc1NC(=O)/C(C#N)=C\Nc1cc(Cl)ccc1Cl. The Labute approximate surface area is 144 Å². The predicted molar refractivity (Wildman–Crippen MR) is 93.6 cm³/mol. The molecule has 0 aliphatic carbocycles. The first-order valence-corrected chi connectivity index (χ1v) is 7.45. The van der Waals surface area contributed by atoms with Crippen molar-refractivity contribution in [1.29, 1.82) is 5.26 Å². The van der Waals surface area contributed by atoms with E-state index in [1.165, 1.54) is 6.20 Å². The van der Waals surface area contributed by atoms with Crippen LogP contribution in [0.25, 0.3) is 0 Å². The molecule has 116 valence electrons. The Morgan fingerprint density at radius 1 is 1.17 bits per heavy atom. The summed E-state index contributed by atoms with van der Waals surface area (Å²) < 4.78 is 0. The van der Waals surface area contributed by atoms with E-state index < -0.39 is 5.91 Å². The summed E-state index contributed by atoms with van der Waals surface area (Å²) >= 11 is 11.9. The van der Waals surface area contributed by atoms with Crippen LogP contribution in [0.5, 0.6) is 0 Å². The quantitative estimate of drug-likeness (QED) is 0.620. The fraction of sp³-hybridized carbons (Fsp3) is 0.0588. The number of halogens is 2. The number of nitrogens with one attached hydrogen (secondary N) is 2. The van der Waals surface area contributed by atoms with Crippen molar-refractivity contribution in [1.82, 2.24) is 0 Å². The molecule has 0 saturated heterocycles. The van der Waals surface area contributed by atoms with Crippen molar-refractivity contribution in [3.8, 4) is 6.07 Å². The third kappa shape index (κ3) is 4.49. The minimum absolute atomic E-state index is 0.0794. The molecule has 2 aromatic rings. The summed E-state index contributed by atoms with van der Waals surface area (Å²) in [7, 11) is 0. The highest BCUT2D eigenvalue weighted by atomic mass is 35.5. The number of rotatable bonds is 4. The second-order valence-corrected chi connectivity index (χ2v) is 5.55. The Kier molecular flexibility index (Phi) is 5.64. The van der Waals surface area contributed by atoms with E-state index in [2.05, 4.69) is 10.6 Å². The number of amides is 1. The van der Waals surface area contributed by atoms with E-state index in [9.17, 15) is 4.79 Å². The Balaban J connectivity index is 2.16. The molecule has 0 spiro atoms. The van der Waals surface area contributed by atoms with Crippen molar-refractivity contribution < 1.29 is 4.79 Å². The lowest BCUT2D eigenvalue weighted by atomic mass is 10.2. The summed E-state index contributed by atoms with van der Waals surface area (Å²) in [5, 5.41) is 15.6. The van der Waals surface area contributed by atoms with Gasteiger partial charge in [0.25, 0.3) is 5.91 Å². The van der Waals surface area contributed by atoms with Crippen molar-refractivity contribution in [2.24, 2.45) is 0 Å². The van der Waals surface area contributed by atoms with Gasteiger partial charge in [-0.1, -0.05) is 41.4 Å². The monoisotopic (exact) mass is 345 g/mol. The number of carbonyl (C=O) groups is 1. The molecule has 0 aliphatic rings. The number of para-hydroxylation sites is 1. The molecule has 6 heteroatoms. The van der Waals surface area contributed by atoms with Gasteiger partial charge in [-0.3, -0.25) is 4.79 Å². The normalized spacial score (nSPS) is 10.8. The second-order valence-electron chi connectivity index (χ2n) is 4.71. The molecule has 0 saturated carbocycles. The largest absolute Gasteiger partial charge is 0.359 e. The average molecular weight is 346 g/mol. The maximum atomic E-state index is 12.2. The minimum Gasteiger partial charge on any atom is -0.359 e. The number of hydrogen-bond acceptors (Lipinski definition) is 3. The first-order valence-electron chi connectivity index (χ1n) is 6.70. The summed E-state index contributed by atoms with van der Waals surface area (Å²) in [5.74, 6) is -0.507. The zero-order chi connectivity index (χ0) is 16.8. The van der Waals surface area contributed by atoms with Gasteiger partial charge in [0, 0.05) is 16.9 Å². The average Bonchev–Trinajstić information content (AvgIpc) is 2.53. The van der Waals surface area contributed by atoms with Gasteiger partial charge in [-0.05, 0) is 36.8 Å². The highest BCUT2D eigenvalue weighted by Crippen LogP contribution is 2.25. The highest BCUT2D eigenvalue weighted by molar-refractivity contribution is 6.35. The molecule has 0 atom stereocenters. The van der Waals surface area contributed by atoms with E-state index >= 15 is 0 Å². The zero-order valence-electron chi connectivity index (χ0n) is 12.2. The third-order valence-electron chi connectivity index (χ3n) is 3.06. The molecule has 0 aromatic heterocycles. The molecule has 2 N–H and O–H groups in total. The van der Waals surface area contributed by atoms with Crippen molar-refractivity contribution in [3.05, 3.63) is 69.8 Å². The number of hydrogen-bond donors (Lipinski definition) is 2. The maximum absolute atomic E-state index is 12.2. The van der Waals surface area contributed by atoms with Gasteiger partial charge in [0.05, 0.1) is 10.7 Å². The van der Waals surface area contributed by atoms with Crippen molar-refractivity contribution in [2.75, 3.05) is 10.6 Å². The predicted octanol–water partition coefficient (Wildman–Crippen LogP) is 4.76. The molecule has 0 fully saturated rings. The van der Waals surface area contributed by atoms with Gasteiger partial charge in [-0.15, -0.1) is 0 Å². The van der Waals surface area contributed by atoms with Crippen LogP contribution in [0.15, 0.2) is 54.2 Å². The van der Waals surface area contributed by atoms with Crippen LogP contribution in [-0.4, -0.2) is 5.91 Å². The summed E-state index contributed by atoms with van der Waals surface area (Å²) in [4.78, 5) is 12.2. The van der Waals surface area contributed by atoms with Crippen LogP contribution in [0, 0.1) is 18.3 Å². The molecule has 4 nitrogen and oxygen atoms in total. The summed E-state index contributed by atoms with van der Waals surface area (Å²) in [6.07, 6.45) is 1.30. The standard InChI is InChI=1S/C17H13Cl2N3O/c1-11-4-2-3-5-15(11)22-17(23)12(9-20)10-21-16-8-13(18)6-7-14(16)19/h2-8,10,21H,1H3,(H,22,23)/b12-10-. The van der Waals surface area contributed by atoms with Gasteiger partial charge in [-0.2, -0.15) is 5.26 Å². The van der Waals surface area contributed by atoms with Crippen molar-refractivity contribution in [3.63, 3.8) is 0 Å². The van der Waals surface area contributed by atoms with Gasteiger partial charge >= 0.3 is 0 Å². The first kappa shape index (κ1) is 16.9. The Hall–Kier alpha value is -2.48. The van der Waals surface area contributed by atoms with E-state index in [0.29, 0.717) is 21.4 Å². The second kappa shape index (κ2) is 7.68.